The summed E-state index contributed by atoms with van der Waals surface area (Å²) in [6.45, 7) is 0. The van der Waals surface area contributed by atoms with Crippen LogP contribution in [0.5, 0.6) is 0 Å². The van der Waals surface area contributed by atoms with Crippen molar-refractivity contribution in [3.8, 4) is 0 Å². The number of benzene rings is 1. The van der Waals surface area contributed by atoms with E-state index in [9.17, 15) is 4.79 Å². The van der Waals surface area contributed by atoms with Crippen LogP contribution in [0.4, 0.5) is 0 Å². The third-order valence-electron chi connectivity index (χ3n) is 3.89. The van der Waals surface area contributed by atoms with Crippen LogP contribution in [0.2, 0.25) is 5.02 Å². The van der Waals surface area contributed by atoms with Gasteiger partial charge < -0.3 is 0 Å². The molecule has 0 aliphatic heterocycles. The van der Waals surface area contributed by atoms with Gasteiger partial charge in [0.05, 0.1) is 18.2 Å². The van der Waals surface area contributed by atoms with Gasteiger partial charge in [-0.2, -0.15) is 5.10 Å². The van der Waals surface area contributed by atoms with Gasteiger partial charge in [-0.1, -0.05) is 40.4 Å². The Bertz CT molecular complexity index is 642. The molecule has 1 aromatic carbocycles. The van der Waals surface area contributed by atoms with E-state index >= 15 is 0 Å². The van der Waals surface area contributed by atoms with E-state index < -0.39 is 0 Å². The molecule has 1 aromatic heterocycles. The summed E-state index contributed by atoms with van der Waals surface area (Å²) in [6, 6.07) is 7.71. The number of halogens is 2. The molecule has 2 aromatic rings. The molecule has 0 amide bonds. The Morgan fingerprint density at radius 1 is 1.33 bits per heavy atom. The first-order chi connectivity index (χ1) is 10.1. The quantitative estimate of drug-likeness (QED) is 0.725. The number of carbonyl (C=O) groups is 1. The van der Waals surface area contributed by atoms with Crippen LogP contribution in [0.15, 0.2) is 34.9 Å². The molecule has 1 aliphatic carbocycles. The summed E-state index contributed by atoms with van der Waals surface area (Å²) in [5.74, 6) is 0.0369. The largest absolute Gasteiger partial charge is 0.294 e. The number of nitrogens with zero attached hydrogens (tertiary/aromatic N) is 2. The zero-order valence-electron chi connectivity index (χ0n) is 11.6. The molecule has 0 bridgehead atoms. The number of ketones is 1. The van der Waals surface area contributed by atoms with E-state index in [1.807, 2.05) is 16.9 Å². The minimum atomic E-state index is 0.0369. The van der Waals surface area contributed by atoms with E-state index in [0.717, 1.165) is 10.2 Å². The van der Waals surface area contributed by atoms with Gasteiger partial charge in [-0.25, -0.2) is 0 Å². The lowest BCUT2D eigenvalue weighted by atomic mass is 10.1. The van der Waals surface area contributed by atoms with E-state index in [-0.39, 0.29) is 5.78 Å². The Morgan fingerprint density at radius 3 is 2.81 bits per heavy atom. The average molecular weight is 368 g/mol. The van der Waals surface area contributed by atoms with Crippen LogP contribution in [0, 0.1) is 0 Å². The number of Topliss-reactive ketones (excluding diaryl/α,β-unsaturated/α-hetero) is 1. The summed E-state index contributed by atoms with van der Waals surface area (Å²) >= 11 is 9.34. The predicted octanol–water partition coefficient (Wildman–Crippen LogP) is 4.84. The highest BCUT2D eigenvalue weighted by Crippen LogP contribution is 2.28. The second-order valence-corrected chi connectivity index (χ2v) is 6.84. The van der Waals surface area contributed by atoms with Crippen molar-refractivity contribution < 1.29 is 4.79 Å². The van der Waals surface area contributed by atoms with Crippen LogP contribution in [0.3, 0.4) is 0 Å². The highest BCUT2D eigenvalue weighted by molar-refractivity contribution is 9.10. The number of rotatable bonds is 4. The Morgan fingerprint density at radius 2 is 2.10 bits per heavy atom. The van der Waals surface area contributed by atoms with Crippen LogP contribution in [0.25, 0.3) is 0 Å². The van der Waals surface area contributed by atoms with Crippen molar-refractivity contribution >= 4 is 33.3 Å². The van der Waals surface area contributed by atoms with Gasteiger partial charge in [0.15, 0.2) is 5.78 Å². The first-order valence-electron chi connectivity index (χ1n) is 7.15. The Hall–Kier alpha value is -1.13. The van der Waals surface area contributed by atoms with E-state index in [0.29, 0.717) is 23.0 Å². The summed E-state index contributed by atoms with van der Waals surface area (Å²) in [7, 11) is 0. The number of carbonyl (C=O) groups excluding carboxylic acids is 1. The Balaban J connectivity index is 1.72. The molecule has 110 valence electrons. The molecular formula is C16H16BrClN2O. The molecule has 0 saturated heterocycles. The molecule has 3 nitrogen and oxygen atoms in total. The van der Waals surface area contributed by atoms with E-state index in [1.165, 1.54) is 25.7 Å². The van der Waals surface area contributed by atoms with Gasteiger partial charge in [0.2, 0.25) is 0 Å². The number of hydrogen-bond acceptors (Lipinski definition) is 2. The highest BCUT2D eigenvalue weighted by atomic mass is 79.9. The second kappa shape index (κ2) is 6.32. The molecule has 0 radical (unpaired) electrons. The van der Waals surface area contributed by atoms with Gasteiger partial charge >= 0.3 is 0 Å². The maximum atomic E-state index is 12.3. The zero-order valence-corrected chi connectivity index (χ0v) is 13.9. The fraction of sp³-hybridized carbons (Fsp3) is 0.375. The van der Waals surface area contributed by atoms with Gasteiger partial charge in [0, 0.05) is 21.3 Å². The molecule has 5 heteroatoms. The van der Waals surface area contributed by atoms with Crippen LogP contribution >= 0.6 is 27.5 Å². The normalized spacial score (nSPS) is 15.5. The van der Waals surface area contributed by atoms with Gasteiger partial charge in [-0.15, -0.1) is 0 Å². The maximum absolute atomic E-state index is 12.3. The predicted molar refractivity (Wildman–Crippen MR) is 86.9 cm³/mol. The van der Waals surface area contributed by atoms with Gasteiger partial charge in [-0.05, 0) is 37.1 Å². The van der Waals surface area contributed by atoms with Gasteiger partial charge in [0.1, 0.15) is 0 Å². The second-order valence-electron chi connectivity index (χ2n) is 5.48. The Labute approximate surface area is 137 Å². The van der Waals surface area contributed by atoms with E-state index in [2.05, 4.69) is 21.0 Å². The van der Waals surface area contributed by atoms with Crippen LogP contribution < -0.4 is 0 Å². The van der Waals surface area contributed by atoms with Crippen LogP contribution in [0.1, 0.15) is 47.8 Å². The number of aromatic nitrogens is 2. The lowest BCUT2D eigenvalue weighted by Crippen LogP contribution is -2.08. The van der Waals surface area contributed by atoms with Crippen molar-refractivity contribution in [1.82, 2.24) is 9.78 Å². The van der Waals surface area contributed by atoms with Gasteiger partial charge in [-0.3, -0.25) is 9.48 Å². The van der Waals surface area contributed by atoms with Crippen molar-refractivity contribution in [3.05, 3.63) is 51.2 Å². The lowest BCUT2D eigenvalue weighted by Gasteiger charge is -2.08. The summed E-state index contributed by atoms with van der Waals surface area (Å²) in [5.41, 5.74) is 1.44. The van der Waals surface area contributed by atoms with Crippen LogP contribution in [-0.2, 0) is 6.42 Å². The standard InChI is InChI=1S/C16H16BrClN2O/c17-12-7-11(8-13(18)9-12)16(21)10-14-5-6-20(19-14)15-3-1-2-4-15/h5-9,15H,1-4,10H2. The van der Waals surface area contributed by atoms with Crippen molar-refractivity contribution in [3.63, 3.8) is 0 Å². The molecule has 1 aliphatic rings. The van der Waals surface area contributed by atoms with Crippen molar-refractivity contribution in [2.45, 2.75) is 38.1 Å². The fourth-order valence-corrected chi connectivity index (χ4v) is 3.69. The minimum absolute atomic E-state index is 0.0369. The van der Waals surface area contributed by atoms with Crippen LogP contribution in [-0.4, -0.2) is 15.6 Å². The minimum Gasteiger partial charge on any atom is -0.294 e. The maximum Gasteiger partial charge on any atom is 0.168 e. The molecule has 1 saturated carbocycles. The molecule has 21 heavy (non-hydrogen) atoms. The number of hydrogen-bond donors (Lipinski definition) is 0. The third kappa shape index (κ3) is 3.55. The molecule has 0 N–H and O–H groups in total. The third-order valence-corrected chi connectivity index (χ3v) is 4.56. The topological polar surface area (TPSA) is 34.9 Å². The fourth-order valence-electron chi connectivity index (χ4n) is 2.83. The summed E-state index contributed by atoms with van der Waals surface area (Å²) in [4.78, 5) is 12.3. The average Bonchev–Trinajstić information content (AvgIpc) is 3.07. The molecule has 1 heterocycles. The van der Waals surface area contributed by atoms with E-state index in [4.69, 9.17) is 11.6 Å². The van der Waals surface area contributed by atoms with E-state index in [1.54, 1.807) is 18.2 Å². The monoisotopic (exact) mass is 366 g/mol. The molecule has 0 spiro atoms. The zero-order chi connectivity index (χ0) is 14.8. The van der Waals surface area contributed by atoms with Gasteiger partial charge in [0.25, 0.3) is 0 Å². The van der Waals surface area contributed by atoms with Crippen molar-refractivity contribution in [2.24, 2.45) is 0 Å². The first-order valence-corrected chi connectivity index (χ1v) is 8.32. The first kappa shape index (κ1) is 14.8. The SMILES string of the molecule is O=C(Cc1ccn(C2CCCC2)n1)c1cc(Cl)cc(Br)c1. The van der Waals surface area contributed by atoms with Crippen molar-refractivity contribution in [1.29, 1.82) is 0 Å². The van der Waals surface area contributed by atoms with Crippen molar-refractivity contribution in [2.75, 3.05) is 0 Å². The molecule has 1 fully saturated rings. The smallest absolute Gasteiger partial charge is 0.168 e. The summed E-state index contributed by atoms with van der Waals surface area (Å²) in [6.07, 6.45) is 7.23. The summed E-state index contributed by atoms with van der Waals surface area (Å²) in [5, 5.41) is 5.11. The molecular weight excluding hydrogens is 352 g/mol. The highest BCUT2D eigenvalue weighted by Gasteiger charge is 2.18. The molecule has 0 atom stereocenters. The molecule has 0 unspecified atom stereocenters. The Kier molecular flexibility index (Phi) is 4.45. The lowest BCUT2D eigenvalue weighted by molar-refractivity contribution is 0.0991. The summed E-state index contributed by atoms with van der Waals surface area (Å²) < 4.78 is 2.83. The molecule has 3 rings (SSSR count).